The number of methoxy groups -OCH3 is 1. The number of rotatable bonds is 8. The first-order chi connectivity index (χ1) is 16.0. The van der Waals surface area contributed by atoms with E-state index in [1.807, 2.05) is 0 Å². The Kier molecular flexibility index (Phi) is 6.45. The molecule has 33 heavy (non-hydrogen) atoms. The summed E-state index contributed by atoms with van der Waals surface area (Å²) in [6.45, 7) is 0.321. The van der Waals surface area contributed by atoms with E-state index in [-0.39, 0.29) is 18.1 Å². The molecular weight excluding hydrogens is 427 g/mol. The highest BCUT2D eigenvalue weighted by Crippen LogP contribution is 2.27. The van der Waals surface area contributed by atoms with E-state index in [0.29, 0.717) is 29.0 Å². The third-order valence-corrected chi connectivity index (χ3v) is 5.07. The summed E-state index contributed by atoms with van der Waals surface area (Å²) in [5.41, 5.74) is 2.00. The standard InChI is InChI=1S/C23H23FN6O3/c1-30-13-16(12-27-30)22(14-4-6-20(33-2)17(24)9-14)29-23(32)18-5-3-15-11-26-21(25-7-8-31)10-19(15)28-18/h3-6,9-13,22,31H,7-8H2,1-2H3,(H,25,26)(H,29,32). The van der Waals surface area contributed by atoms with Gasteiger partial charge in [0.05, 0.1) is 31.5 Å². The number of aromatic nitrogens is 4. The first-order valence-corrected chi connectivity index (χ1v) is 10.2. The highest BCUT2D eigenvalue weighted by molar-refractivity contribution is 5.95. The molecule has 0 bridgehead atoms. The third-order valence-electron chi connectivity index (χ3n) is 5.07. The molecule has 0 aliphatic heterocycles. The maximum Gasteiger partial charge on any atom is 0.270 e. The number of fused-ring (bicyclic) bond motifs is 1. The van der Waals surface area contributed by atoms with Crippen LogP contribution >= 0.6 is 0 Å². The molecule has 4 rings (SSSR count). The Bertz CT molecular complexity index is 1290. The molecule has 3 aromatic heterocycles. The number of ether oxygens (including phenoxy) is 1. The number of benzene rings is 1. The molecule has 0 saturated heterocycles. The Morgan fingerprint density at radius 3 is 2.76 bits per heavy atom. The van der Waals surface area contributed by atoms with Gasteiger partial charge >= 0.3 is 0 Å². The lowest BCUT2D eigenvalue weighted by atomic mass is 10.0. The van der Waals surface area contributed by atoms with Gasteiger partial charge in [0.25, 0.3) is 5.91 Å². The van der Waals surface area contributed by atoms with Gasteiger partial charge in [0, 0.05) is 43.0 Å². The minimum Gasteiger partial charge on any atom is -0.494 e. The zero-order valence-corrected chi connectivity index (χ0v) is 18.1. The maximum atomic E-state index is 14.4. The molecule has 1 aromatic carbocycles. The van der Waals surface area contributed by atoms with Gasteiger partial charge < -0.3 is 20.5 Å². The number of aliphatic hydroxyl groups is 1. The van der Waals surface area contributed by atoms with Gasteiger partial charge in [-0.15, -0.1) is 0 Å². The molecule has 3 N–H and O–H groups in total. The van der Waals surface area contributed by atoms with Crippen LogP contribution in [0.1, 0.15) is 27.7 Å². The lowest BCUT2D eigenvalue weighted by molar-refractivity contribution is 0.0938. The fourth-order valence-corrected chi connectivity index (χ4v) is 3.44. The molecule has 170 valence electrons. The van der Waals surface area contributed by atoms with Gasteiger partial charge in [0.2, 0.25) is 0 Å². The lowest BCUT2D eigenvalue weighted by Crippen LogP contribution is -2.30. The van der Waals surface area contributed by atoms with Crippen molar-refractivity contribution in [2.45, 2.75) is 6.04 Å². The summed E-state index contributed by atoms with van der Waals surface area (Å²) in [5, 5.41) is 19.8. The van der Waals surface area contributed by atoms with E-state index in [9.17, 15) is 9.18 Å². The Hall–Kier alpha value is -4.05. The molecule has 0 radical (unpaired) electrons. The topological polar surface area (TPSA) is 114 Å². The number of nitrogens with zero attached hydrogens (tertiary/aromatic N) is 4. The van der Waals surface area contributed by atoms with Crippen molar-refractivity contribution in [3.05, 3.63) is 77.6 Å². The molecule has 0 aliphatic rings. The number of carbonyl (C=O) groups is 1. The maximum absolute atomic E-state index is 14.4. The van der Waals surface area contributed by atoms with E-state index in [4.69, 9.17) is 9.84 Å². The van der Waals surface area contributed by atoms with Gasteiger partial charge in [0.15, 0.2) is 11.6 Å². The number of nitrogens with one attached hydrogen (secondary N) is 2. The van der Waals surface area contributed by atoms with Crippen LogP contribution in [0, 0.1) is 5.82 Å². The molecule has 1 unspecified atom stereocenters. The largest absolute Gasteiger partial charge is 0.494 e. The van der Waals surface area contributed by atoms with Crippen molar-refractivity contribution in [2.24, 2.45) is 7.05 Å². The normalized spacial score (nSPS) is 11.9. The lowest BCUT2D eigenvalue weighted by Gasteiger charge is -2.19. The first-order valence-electron chi connectivity index (χ1n) is 10.2. The Morgan fingerprint density at radius 1 is 1.21 bits per heavy atom. The second-order valence-electron chi connectivity index (χ2n) is 7.36. The van der Waals surface area contributed by atoms with E-state index in [1.54, 1.807) is 54.6 Å². The predicted octanol–water partition coefficient (Wildman–Crippen LogP) is 2.43. The second-order valence-corrected chi connectivity index (χ2v) is 7.36. The summed E-state index contributed by atoms with van der Waals surface area (Å²) < 4.78 is 21.0. The fraction of sp³-hybridized carbons (Fsp3) is 0.217. The minimum atomic E-state index is -0.650. The number of amides is 1. The molecule has 1 atom stereocenters. The Balaban J connectivity index is 1.65. The molecule has 0 fully saturated rings. The fourth-order valence-electron chi connectivity index (χ4n) is 3.44. The van der Waals surface area contributed by atoms with E-state index >= 15 is 0 Å². The van der Waals surface area contributed by atoms with Crippen LogP contribution in [0.3, 0.4) is 0 Å². The van der Waals surface area contributed by atoms with Crippen molar-refractivity contribution in [1.29, 1.82) is 0 Å². The highest BCUT2D eigenvalue weighted by Gasteiger charge is 2.21. The van der Waals surface area contributed by atoms with E-state index in [1.165, 1.54) is 19.2 Å². The molecular formula is C23H23FN6O3. The number of hydrogen-bond donors (Lipinski definition) is 3. The highest BCUT2D eigenvalue weighted by atomic mass is 19.1. The third kappa shape index (κ3) is 4.90. The number of halogens is 1. The first kappa shape index (κ1) is 22.2. The SMILES string of the molecule is COc1ccc(C(NC(=O)c2ccc3cnc(NCCO)cc3n2)c2cnn(C)c2)cc1F. The van der Waals surface area contributed by atoms with Crippen molar-refractivity contribution in [2.75, 3.05) is 25.6 Å². The summed E-state index contributed by atoms with van der Waals surface area (Å²) in [5.74, 6) is -0.296. The molecule has 4 aromatic rings. The van der Waals surface area contributed by atoms with Crippen molar-refractivity contribution >= 4 is 22.6 Å². The predicted molar refractivity (Wildman–Crippen MR) is 121 cm³/mol. The van der Waals surface area contributed by atoms with Crippen LogP contribution < -0.4 is 15.4 Å². The van der Waals surface area contributed by atoms with Gasteiger partial charge in [-0.3, -0.25) is 9.48 Å². The molecule has 10 heteroatoms. The van der Waals surface area contributed by atoms with Gasteiger partial charge in [-0.25, -0.2) is 14.4 Å². The van der Waals surface area contributed by atoms with Crippen LogP contribution in [-0.4, -0.2) is 51.0 Å². The van der Waals surface area contributed by atoms with Gasteiger partial charge in [0.1, 0.15) is 11.5 Å². The number of aryl methyl sites for hydroxylation is 1. The average Bonchev–Trinajstić information content (AvgIpc) is 3.26. The summed E-state index contributed by atoms with van der Waals surface area (Å²) in [6, 6.07) is 8.96. The Morgan fingerprint density at radius 2 is 2.06 bits per heavy atom. The second kappa shape index (κ2) is 9.61. The van der Waals surface area contributed by atoms with Crippen molar-refractivity contribution in [3.8, 4) is 5.75 Å². The van der Waals surface area contributed by atoms with Crippen LogP contribution in [0.25, 0.3) is 10.9 Å². The zero-order valence-electron chi connectivity index (χ0n) is 18.1. The van der Waals surface area contributed by atoms with Crippen molar-refractivity contribution < 1.29 is 19.0 Å². The molecule has 0 spiro atoms. The summed E-state index contributed by atoms with van der Waals surface area (Å²) in [6.07, 6.45) is 5.01. The smallest absolute Gasteiger partial charge is 0.270 e. The van der Waals surface area contributed by atoms with Gasteiger partial charge in [-0.05, 0) is 29.8 Å². The number of carbonyl (C=O) groups excluding carboxylic acids is 1. The molecule has 3 heterocycles. The van der Waals surface area contributed by atoms with Crippen LogP contribution in [0.4, 0.5) is 10.2 Å². The van der Waals surface area contributed by atoms with Gasteiger partial charge in [-0.2, -0.15) is 5.10 Å². The Labute approximate surface area is 189 Å². The van der Waals surface area contributed by atoms with E-state index < -0.39 is 17.8 Å². The van der Waals surface area contributed by atoms with Crippen molar-refractivity contribution in [1.82, 2.24) is 25.1 Å². The average molecular weight is 450 g/mol. The van der Waals surface area contributed by atoms with Crippen molar-refractivity contribution in [3.63, 3.8) is 0 Å². The van der Waals surface area contributed by atoms with Crippen LogP contribution in [0.2, 0.25) is 0 Å². The molecule has 9 nitrogen and oxygen atoms in total. The number of aliphatic hydroxyl groups excluding tert-OH is 1. The number of hydrogen-bond acceptors (Lipinski definition) is 7. The van der Waals surface area contributed by atoms with Crippen LogP contribution in [0.15, 0.2) is 55.0 Å². The van der Waals surface area contributed by atoms with E-state index in [0.717, 1.165) is 5.39 Å². The van der Waals surface area contributed by atoms with Crippen LogP contribution in [0.5, 0.6) is 5.75 Å². The molecule has 1 amide bonds. The quantitative estimate of drug-likeness (QED) is 0.378. The number of anilines is 1. The summed E-state index contributed by atoms with van der Waals surface area (Å²) in [4.78, 5) is 21.9. The van der Waals surface area contributed by atoms with Crippen LogP contribution in [-0.2, 0) is 7.05 Å². The monoisotopic (exact) mass is 450 g/mol. The molecule has 0 aliphatic carbocycles. The number of pyridine rings is 2. The summed E-state index contributed by atoms with van der Waals surface area (Å²) >= 11 is 0. The van der Waals surface area contributed by atoms with Gasteiger partial charge in [-0.1, -0.05) is 6.07 Å². The van der Waals surface area contributed by atoms with E-state index in [2.05, 4.69) is 25.7 Å². The summed E-state index contributed by atoms with van der Waals surface area (Å²) in [7, 11) is 3.16. The minimum absolute atomic E-state index is 0.0305. The zero-order chi connectivity index (χ0) is 23.4. The molecule has 0 saturated carbocycles.